The molecule has 2 N–H and O–H groups in total. The van der Waals surface area contributed by atoms with Gasteiger partial charge in [-0.25, -0.2) is 8.42 Å². The van der Waals surface area contributed by atoms with Gasteiger partial charge in [-0.3, -0.25) is 0 Å². The van der Waals surface area contributed by atoms with E-state index in [0.29, 0.717) is 6.42 Å². The molecule has 0 aliphatic carbocycles. The average Bonchev–Trinajstić information content (AvgIpc) is 2.28. The van der Waals surface area contributed by atoms with Crippen molar-refractivity contribution in [1.29, 1.82) is 0 Å². The van der Waals surface area contributed by atoms with Crippen LogP contribution in [0.1, 0.15) is 30.9 Å². The van der Waals surface area contributed by atoms with Gasteiger partial charge in [0.25, 0.3) is 0 Å². The summed E-state index contributed by atoms with van der Waals surface area (Å²) in [4.78, 5) is 0. The van der Waals surface area contributed by atoms with Crippen molar-refractivity contribution < 1.29 is 8.42 Å². The summed E-state index contributed by atoms with van der Waals surface area (Å²) < 4.78 is 22.7. The molecule has 0 amide bonds. The van der Waals surface area contributed by atoms with Gasteiger partial charge in [-0.1, -0.05) is 36.8 Å². The molecule has 18 heavy (non-hydrogen) atoms. The van der Waals surface area contributed by atoms with Gasteiger partial charge in [0.2, 0.25) is 0 Å². The fourth-order valence-corrected chi connectivity index (χ4v) is 2.85. The van der Waals surface area contributed by atoms with Gasteiger partial charge in [-0.15, -0.1) is 0 Å². The molecule has 3 nitrogen and oxygen atoms in total. The van der Waals surface area contributed by atoms with Crippen LogP contribution in [0.15, 0.2) is 24.3 Å². The van der Waals surface area contributed by atoms with Crippen LogP contribution >= 0.6 is 0 Å². The third-order valence-corrected chi connectivity index (χ3v) is 4.84. The van der Waals surface area contributed by atoms with Crippen LogP contribution in [0, 0.1) is 6.92 Å². The van der Waals surface area contributed by atoms with Crippen LogP contribution in [-0.2, 0) is 16.3 Å². The zero-order valence-corrected chi connectivity index (χ0v) is 12.0. The smallest absolute Gasteiger partial charge is 0.150 e. The molecule has 1 unspecified atom stereocenters. The van der Waals surface area contributed by atoms with Crippen LogP contribution < -0.4 is 5.73 Å². The number of sulfone groups is 1. The normalized spacial score (nSPS) is 13.5. The first-order valence-electron chi connectivity index (χ1n) is 6.44. The second-order valence-corrected chi connectivity index (χ2v) is 7.30. The van der Waals surface area contributed by atoms with Gasteiger partial charge in [0, 0.05) is 11.8 Å². The molecule has 0 bridgehead atoms. The lowest BCUT2D eigenvalue weighted by molar-refractivity contribution is 0.574. The Hall–Kier alpha value is -0.870. The standard InChI is InChI=1S/C14H23NO2S/c1-3-18(16,17)9-5-8-14(15)11-13-7-4-6-12(2)10-13/h4,6-7,10,14H,3,5,8-9,11,15H2,1-2H3. The maximum Gasteiger partial charge on any atom is 0.150 e. The Morgan fingerprint density at radius 3 is 2.67 bits per heavy atom. The number of benzene rings is 1. The number of rotatable bonds is 7. The monoisotopic (exact) mass is 269 g/mol. The molecule has 1 aromatic carbocycles. The van der Waals surface area contributed by atoms with E-state index in [9.17, 15) is 8.42 Å². The topological polar surface area (TPSA) is 60.2 Å². The van der Waals surface area contributed by atoms with Crippen molar-refractivity contribution in [3.63, 3.8) is 0 Å². The van der Waals surface area contributed by atoms with Gasteiger partial charge in [0.1, 0.15) is 9.84 Å². The molecule has 1 rings (SSSR count). The molecule has 0 aliphatic heterocycles. The van der Waals surface area contributed by atoms with Crippen molar-refractivity contribution in [3.05, 3.63) is 35.4 Å². The van der Waals surface area contributed by atoms with E-state index in [2.05, 4.69) is 25.1 Å². The minimum absolute atomic E-state index is 0.0406. The Labute approximate surface area is 110 Å². The lowest BCUT2D eigenvalue weighted by Crippen LogP contribution is -2.24. The Bertz CT molecular complexity index is 468. The average molecular weight is 269 g/mol. The van der Waals surface area contributed by atoms with Crippen LogP contribution in [0.25, 0.3) is 0 Å². The summed E-state index contributed by atoms with van der Waals surface area (Å²) in [7, 11) is -2.85. The Morgan fingerprint density at radius 1 is 1.33 bits per heavy atom. The summed E-state index contributed by atoms with van der Waals surface area (Å²) >= 11 is 0. The fraction of sp³-hybridized carbons (Fsp3) is 0.571. The molecule has 102 valence electrons. The number of aryl methyl sites for hydroxylation is 1. The molecule has 0 saturated heterocycles. The van der Waals surface area contributed by atoms with E-state index < -0.39 is 9.84 Å². The predicted molar refractivity (Wildman–Crippen MR) is 76.4 cm³/mol. The molecular weight excluding hydrogens is 246 g/mol. The van der Waals surface area contributed by atoms with E-state index in [1.165, 1.54) is 11.1 Å². The third-order valence-electron chi connectivity index (χ3n) is 3.05. The van der Waals surface area contributed by atoms with Gasteiger partial charge < -0.3 is 5.73 Å². The summed E-state index contributed by atoms with van der Waals surface area (Å²) in [6.07, 6.45) is 2.23. The number of nitrogens with two attached hydrogens (primary N) is 1. The van der Waals surface area contributed by atoms with E-state index in [1.807, 2.05) is 6.07 Å². The maximum absolute atomic E-state index is 11.3. The van der Waals surface area contributed by atoms with Gasteiger partial charge in [-0.2, -0.15) is 0 Å². The first kappa shape index (κ1) is 15.2. The first-order valence-corrected chi connectivity index (χ1v) is 8.26. The van der Waals surface area contributed by atoms with Crippen LogP contribution in [0.3, 0.4) is 0 Å². The quantitative estimate of drug-likeness (QED) is 0.824. The van der Waals surface area contributed by atoms with Gasteiger partial charge >= 0.3 is 0 Å². The molecule has 0 radical (unpaired) electrons. The molecule has 4 heteroatoms. The van der Waals surface area contributed by atoms with Gasteiger partial charge in [0.15, 0.2) is 0 Å². The molecule has 1 atom stereocenters. The zero-order chi connectivity index (χ0) is 13.6. The molecule has 0 saturated carbocycles. The second kappa shape index (κ2) is 6.90. The zero-order valence-electron chi connectivity index (χ0n) is 11.2. The third kappa shape index (κ3) is 5.65. The van der Waals surface area contributed by atoms with Gasteiger partial charge in [-0.05, 0) is 31.7 Å². The van der Waals surface area contributed by atoms with Crippen molar-refractivity contribution in [2.24, 2.45) is 5.73 Å². The van der Waals surface area contributed by atoms with E-state index in [-0.39, 0.29) is 17.5 Å². The van der Waals surface area contributed by atoms with Crippen molar-refractivity contribution >= 4 is 9.84 Å². The van der Waals surface area contributed by atoms with E-state index in [0.717, 1.165) is 12.8 Å². The van der Waals surface area contributed by atoms with E-state index in [4.69, 9.17) is 5.73 Å². The largest absolute Gasteiger partial charge is 0.327 e. The van der Waals surface area contributed by atoms with Gasteiger partial charge in [0.05, 0.1) is 5.75 Å². The summed E-state index contributed by atoms with van der Waals surface area (Å²) in [5.41, 5.74) is 8.48. The van der Waals surface area contributed by atoms with Crippen molar-refractivity contribution in [2.45, 2.75) is 39.2 Å². The summed E-state index contributed by atoms with van der Waals surface area (Å²) in [6.45, 7) is 3.74. The minimum atomic E-state index is -2.85. The van der Waals surface area contributed by atoms with Crippen molar-refractivity contribution in [2.75, 3.05) is 11.5 Å². The maximum atomic E-state index is 11.3. The fourth-order valence-electron chi connectivity index (χ4n) is 1.95. The molecule has 0 spiro atoms. The molecule has 1 aromatic rings. The lowest BCUT2D eigenvalue weighted by atomic mass is 10.0. The first-order chi connectivity index (χ1) is 8.43. The van der Waals surface area contributed by atoms with Crippen LogP contribution in [-0.4, -0.2) is 26.0 Å². The molecule has 0 aliphatic rings. The highest BCUT2D eigenvalue weighted by Gasteiger charge is 2.09. The molecule has 0 fully saturated rings. The SMILES string of the molecule is CCS(=O)(=O)CCCC(N)Cc1cccc(C)c1. The molecule has 0 aromatic heterocycles. The molecular formula is C14H23NO2S. The Kier molecular flexibility index (Phi) is 5.82. The van der Waals surface area contributed by atoms with Crippen LogP contribution in [0.4, 0.5) is 0 Å². The molecule has 0 heterocycles. The highest BCUT2D eigenvalue weighted by atomic mass is 32.2. The highest BCUT2D eigenvalue weighted by Crippen LogP contribution is 2.09. The predicted octanol–water partition coefficient (Wildman–Crippen LogP) is 2.08. The summed E-state index contributed by atoms with van der Waals surface area (Å²) in [6, 6.07) is 8.32. The summed E-state index contributed by atoms with van der Waals surface area (Å²) in [5, 5.41) is 0. The minimum Gasteiger partial charge on any atom is -0.327 e. The van der Waals surface area contributed by atoms with Crippen molar-refractivity contribution in [3.8, 4) is 0 Å². The number of hydrogen-bond donors (Lipinski definition) is 1. The highest BCUT2D eigenvalue weighted by molar-refractivity contribution is 7.91. The van der Waals surface area contributed by atoms with Crippen LogP contribution in [0.5, 0.6) is 0 Å². The second-order valence-electron chi connectivity index (χ2n) is 4.83. The Morgan fingerprint density at radius 2 is 2.06 bits per heavy atom. The lowest BCUT2D eigenvalue weighted by Gasteiger charge is -2.12. The van der Waals surface area contributed by atoms with Crippen molar-refractivity contribution in [1.82, 2.24) is 0 Å². The number of hydrogen-bond acceptors (Lipinski definition) is 3. The Balaban J connectivity index is 2.36. The van der Waals surface area contributed by atoms with E-state index >= 15 is 0 Å². The van der Waals surface area contributed by atoms with Crippen LogP contribution in [0.2, 0.25) is 0 Å². The summed E-state index contributed by atoms with van der Waals surface area (Å²) in [5.74, 6) is 0.477. The van der Waals surface area contributed by atoms with E-state index in [1.54, 1.807) is 6.92 Å².